The van der Waals surface area contributed by atoms with Crippen molar-refractivity contribution in [2.45, 2.75) is 33.2 Å². The fourth-order valence-corrected chi connectivity index (χ4v) is 2.30. The van der Waals surface area contributed by atoms with Gasteiger partial charge in [0.2, 0.25) is 5.91 Å². The van der Waals surface area contributed by atoms with E-state index in [0.717, 1.165) is 22.0 Å². The van der Waals surface area contributed by atoms with Crippen LogP contribution < -0.4 is 5.73 Å². The van der Waals surface area contributed by atoms with Gasteiger partial charge < -0.3 is 10.3 Å². The molecule has 2 N–H and O–H groups in total. The molecule has 2 rings (SSSR count). The summed E-state index contributed by atoms with van der Waals surface area (Å²) in [4.78, 5) is 22.4. The Kier molecular flexibility index (Phi) is 3.69. The summed E-state index contributed by atoms with van der Waals surface area (Å²) in [5, 5.41) is 0.978. The molecule has 2 aromatic rings. The van der Waals surface area contributed by atoms with E-state index in [1.165, 1.54) is 0 Å². The summed E-state index contributed by atoms with van der Waals surface area (Å²) >= 11 is 0. The van der Waals surface area contributed by atoms with Crippen LogP contribution in [0.4, 0.5) is 0 Å². The lowest BCUT2D eigenvalue weighted by molar-refractivity contribution is -0.118. The first-order valence-electron chi connectivity index (χ1n) is 6.38. The summed E-state index contributed by atoms with van der Waals surface area (Å²) in [5.41, 5.74) is 8.03. The first-order chi connectivity index (χ1) is 8.99. The molecule has 0 aliphatic rings. The van der Waals surface area contributed by atoms with Gasteiger partial charge in [0.05, 0.1) is 0 Å². The normalized spacial score (nSPS) is 10.8. The van der Waals surface area contributed by atoms with Crippen molar-refractivity contribution in [2.24, 2.45) is 5.73 Å². The van der Waals surface area contributed by atoms with Gasteiger partial charge in [-0.2, -0.15) is 0 Å². The molecular formula is C15H18N2O2. The van der Waals surface area contributed by atoms with Crippen molar-refractivity contribution in [3.8, 4) is 0 Å². The largest absolute Gasteiger partial charge is 0.370 e. The van der Waals surface area contributed by atoms with Crippen LogP contribution in [0.1, 0.15) is 35.7 Å². The van der Waals surface area contributed by atoms with Crippen LogP contribution in [0.25, 0.3) is 10.9 Å². The molecule has 0 spiro atoms. The highest BCUT2D eigenvalue weighted by molar-refractivity contribution is 6.07. The number of nitrogens with zero attached hydrogens (tertiary/aromatic N) is 1. The SMILES string of the molecule is CC(=O)c1cn(CCCC(N)=O)c2ccc(C)cc12. The lowest BCUT2D eigenvalue weighted by Gasteiger charge is -2.04. The van der Waals surface area contributed by atoms with E-state index < -0.39 is 0 Å². The zero-order valence-corrected chi connectivity index (χ0v) is 11.3. The molecule has 0 aliphatic carbocycles. The molecule has 0 saturated heterocycles. The topological polar surface area (TPSA) is 65.1 Å². The predicted octanol–water partition coefficient (Wildman–Crippen LogP) is 2.42. The molecule has 4 heteroatoms. The van der Waals surface area contributed by atoms with Crippen LogP contribution in [0.2, 0.25) is 0 Å². The maximum Gasteiger partial charge on any atom is 0.217 e. The van der Waals surface area contributed by atoms with Crippen LogP contribution in [-0.2, 0) is 11.3 Å². The molecule has 19 heavy (non-hydrogen) atoms. The molecule has 4 nitrogen and oxygen atoms in total. The van der Waals surface area contributed by atoms with E-state index >= 15 is 0 Å². The number of aryl methyl sites for hydroxylation is 2. The van der Waals surface area contributed by atoms with E-state index in [1.54, 1.807) is 6.92 Å². The van der Waals surface area contributed by atoms with E-state index in [9.17, 15) is 9.59 Å². The molecule has 0 saturated carbocycles. The summed E-state index contributed by atoms with van der Waals surface area (Å²) in [6.45, 7) is 4.27. The minimum Gasteiger partial charge on any atom is -0.370 e. The van der Waals surface area contributed by atoms with Crippen molar-refractivity contribution >= 4 is 22.6 Å². The summed E-state index contributed by atoms with van der Waals surface area (Å²) in [6, 6.07) is 6.06. The molecule has 1 heterocycles. The van der Waals surface area contributed by atoms with Crippen molar-refractivity contribution in [1.29, 1.82) is 0 Å². The number of primary amides is 1. The number of hydrogen-bond donors (Lipinski definition) is 1. The number of nitrogens with two attached hydrogens (primary N) is 1. The van der Waals surface area contributed by atoms with Gasteiger partial charge in [0.15, 0.2) is 5.78 Å². The van der Waals surface area contributed by atoms with Crippen LogP contribution in [-0.4, -0.2) is 16.3 Å². The highest BCUT2D eigenvalue weighted by Crippen LogP contribution is 2.23. The van der Waals surface area contributed by atoms with E-state index in [0.29, 0.717) is 19.4 Å². The first-order valence-corrected chi connectivity index (χ1v) is 6.38. The van der Waals surface area contributed by atoms with E-state index in [4.69, 9.17) is 5.73 Å². The van der Waals surface area contributed by atoms with Crippen molar-refractivity contribution in [2.75, 3.05) is 0 Å². The van der Waals surface area contributed by atoms with Gasteiger partial charge in [-0.3, -0.25) is 9.59 Å². The molecule has 1 aromatic carbocycles. The summed E-state index contributed by atoms with van der Waals surface area (Å²) < 4.78 is 2.02. The Morgan fingerprint density at radius 1 is 1.32 bits per heavy atom. The van der Waals surface area contributed by atoms with Crippen LogP contribution in [0.3, 0.4) is 0 Å². The van der Waals surface area contributed by atoms with Gasteiger partial charge in [-0.05, 0) is 32.4 Å². The number of ketones is 1. The van der Waals surface area contributed by atoms with Crippen molar-refractivity contribution in [3.63, 3.8) is 0 Å². The summed E-state index contributed by atoms with van der Waals surface area (Å²) in [7, 11) is 0. The monoisotopic (exact) mass is 258 g/mol. The second kappa shape index (κ2) is 5.26. The molecule has 0 aliphatic heterocycles. The summed E-state index contributed by atoms with van der Waals surface area (Å²) in [6.07, 6.45) is 2.92. The highest BCUT2D eigenvalue weighted by Gasteiger charge is 2.12. The smallest absolute Gasteiger partial charge is 0.217 e. The first kappa shape index (κ1) is 13.3. The highest BCUT2D eigenvalue weighted by atomic mass is 16.1. The third-order valence-corrected chi connectivity index (χ3v) is 3.24. The molecule has 0 unspecified atom stereocenters. The van der Waals surface area contributed by atoms with Gasteiger partial charge in [-0.25, -0.2) is 0 Å². The molecule has 0 bridgehead atoms. The predicted molar refractivity (Wildman–Crippen MR) is 75.1 cm³/mol. The Bertz CT molecular complexity index is 641. The zero-order chi connectivity index (χ0) is 14.0. The van der Waals surface area contributed by atoms with Crippen LogP contribution in [0.5, 0.6) is 0 Å². The third-order valence-electron chi connectivity index (χ3n) is 3.24. The number of aromatic nitrogens is 1. The van der Waals surface area contributed by atoms with E-state index in [1.807, 2.05) is 35.9 Å². The van der Waals surface area contributed by atoms with Crippen LogP contribution in [0, 0.1) is 6.92 Å². The Morgan fingerprint density at radius 3 is 2.68 bits per heavy atom. The molecule has 0 radical (unpaired) electrons. The maximum absolute atomic E-state index is 11.7. The fourth-order valence-electron chi connectivity index (χ4n) is 2.30. The number of amides is 1. The number of hydrogen-bond acceptors (Lipinski definition) is 2. The molecule has 100 valence electrons. The second-order valence-corrected chi connectivity index (χ2v) is 4.88. The van der Waals surface area contributed by atoms with E-state index in [-0.39, 0.29) is 11.7 Å². The van der Waals surface area contributed by atoms with Gasteiger partial charge in [0, 0.05) is 35.6 Å². The van der Waals surface area contributed by atoms with Crippen molar-refractivity contribution in [3.05, 3.63) is 35.5 Å². The Hall–Kier alpha value is -2.10. The number of benzene rings is 1. The third kappa shape index (κ3) is 2.84. The van der Waals surface area contributed by atoms with Gasteiger partial charge in [-0.1, -0.05) is 11.6 Å². The van der Waals surface area contributed by atoms with Gasteiger partial charge in [0.25, 0.3) is 0 Å². The molecule has 1 amide bonds. The Balaban J connectivity index is 2.38. The van der Waals surface area contributed by atoms with Crippen LogP contribution in [0.15, 0.2) is 24.4 Å². The minimum atomic E-state index is -0.293. The number of carbonyl (C=O) groups excluding carboxylic acids is 2. The Morgan fingerprint density at radius 2 is 2.05 bits per heavy atom. The standard InChI is InChI=1S/C15H18N2O2/c1-10-5-6-14-12(8-10)13(11(2)18)9-17(14)7-3-4-15(16)19/h5-6,8-9H,3-4,7H2,1-2H3,(H2,16,19). The average molecular weight is 258 g/mol. The minimum absolute atomic E-state index is 0.0595. The Labute approximate surface area is 112 Å². The molecular weight excluding hydrogens is 240 g/mol. The van der Waals surface area contributed by atoms with Gasteiger partial charge in [-0.15, -0.1) is 0 Å². The molecule has 0 fully saturated rings. The van der Waals surface area contributed by atoms with Gasteiger partial charge >= 0.3 is 0 Å². The number of carbonyl (C=O) groups is 2. The lowest BCUT2D eigenvalue weighted by atomic mass is 10.1. The zero-order valence-electron chi connectivity index (χ0n) is 11.3. The van der Waals surface area contributed by atoms with Crippen molar-refractivity contribution < 1.29 is 9.59 Å². The number of fused-ring (bicyclic) bond motifs is 1. The van der Waals surface area contributed by atoms with E-state index in [2.05, 4.69) is 0 Å². The molecule has 1 aromatic heterocycles. The lowest BCUT2D eigenvalue weighted by Crippen LogP contribution is -2.11. The number of rotatable bonds is 5. The van der Waals surface area contributed by atoms with Gasteiger partial charge in [0.1, 0.15) is 0 Å². The number of Topliss-reactive ketones (excluding diaryl/α,β-unsaturated/α-hetero) is 1. The van der Waals surface area contributed by atoms with Crippen LogP contribution >= 0.6 is 0 Å². The second-order valence-electron chi connectivity index (χ2n) is 4.88. The molecule has 0 atom stereocenters. The average Bonchev–Trinajstić information content (AvgIpc) is 2.67. The quantitative estimate of drug-likeness (QED) is 0.837. The van der Waals surface area contributed by atoms with Crippen molar-refractivity contribution in [1.82, 2.24) is 4.57 Å². The maximum atomic E-state index is 11.7. The summed E-state index contributed by atoms with van der Waals surface area (Å²) in [5.74, 6) is -0.233. The fraction of sp³-hybridized carbons (Fsp3) is 0.333.